The van der Waals surface area contributed by atoms with Crippen molar-refractivity contribution in [2.75, 3.05) is 41.0 Å². The second-order valence-corrected chi connectivity index (χ2v) is 14.9. The molecule has 0 aliphatic heterocycles. The predicted molar refractivity (Wildman–Crippen MR) is 224 cm³/mol. The lowest BCUT2D eigenvalue weighted by molar-refractivity contribution is -0.887. The van der Waals surface area contributed by atoms with Gasteiger partial charge in [0.1, 0.15) is 6.61 Å². The van der Waals surface area contributed by atoms with E-state index in [1.54, 1.807) is 0 Å². The Hall–Kier alpha value is -3.23. The van der Waals surface area contributed by atoms with Gasteiger partial charge >= 0.3 is 17.9 Å². The summed E-state index contributed by atoms with van der Waals surface area (Å²) in [5, 5.41) is 9.59. The molecular weight excluding hydrogens is 679 g/mol. The number of unbranched alkanes of at least 4 members (excludes halogenated alkanes) is 10. The monoisotopic (exact) mass is 757 g/mol. The Balaban J connectivity index is 4.38. The Labute approximate surface area is 330 Å². The van der Waals surface area contributed by atoms with E-state index in [0.717, 1.165) is 103 Å². The number of carboxylic acid groups (broad SMARTS) is 1. The summed E-state index contributed by atoms with van der Waals surface area (Å²) in [5.74, 6) is -1.53. The zero-order valence-electron chi connectivity index (χ0n) is 34.9. The summed E-state index contributed by atoms with van der Waals surface area (Å²) in [7, 11) is 5.50. The van der Waals surface area contributed by atoms with Crippen LogP contribution in [0.5, 0.6) is 0 Å². The molecule has 0 radical (unpaired) electrons. The fourth-order valence-electron chi connectivity index (χ4n) is 5.57. The number of allylic oxidation sites excluding steroid dienone is 12. The second-order valence-electron chi connectivity index (χ2n) is 14.9. The van der Waals surface area contributed by atoms with Crippen molar-refractivity contribution in [3.8, 4) is 0 Å². The van der Waals surface area contributed by atoms with E-state index < -0.39 is 18.1 Å². The van der Waals surface area contributed by atoms with E-state index in [1.165, 1.54) is 12.8 Å². The molecule has 0 fully saturated rings. The van der Waals surface area contributed by atoms with Gasteiger partial charge in [0.25, 0.3) is 0 Å². The molecule has 0 rings (SSSR count). The van der Waals surface area contributed by atoms with Gasteiger partial charge in [-0.1, -0.05) is 125 Å². The summed E-state index contributed by atoms with van der Waals surface area (Å²) in [4.78, 5) is 36.8. The molecule has 0 saturated heterocycles. The molecule has 0 heterocycles. The number of carbonyl (C=O) groups excluding carboxylic acids is 2. The number of carboxylic acids is 1. The van der Waals surface area contributed by atoms with Gasteiger partial charge in [0.2, 0.25) is 0 Å². The molecule has 0 aromatic carbocycles. The zero-order valence-corrected chi connectivity index (χ0v) is 34.9. The number of rotatable bonds is 36. The van der Waals surface area contributed by atoms with Crippen LogP contribution in [0.3, 0.4) is 0 Å². The van der Waals surface area contributed by atoms with Crippen molar-refractivity contribution >= 4 is 17.9 Å². The molecule has 54 heavy (non-hydrogen) atoms. The molecular formula is C46H78NO7+. The van der Waals surface area contributed by atoms with Gasteiger partial charge < -0.3 is 23.8 Å². The van der Waals surface area contributed by atoms with Crippen LogP contribution in [-0.2, 0) is 28.6 Å². The van der Waals surface area contributed by atoms with Gasteiger partial charge in [-0.3, -0.25) is 9.59 Å². The third-order valence-electron chi connectivity index (χ3n) is 8.84. The zero-order chi connectivity index (χ0) is 40.0. The molecule has 0 spiro atoms. The fraction of sp³-hybridized carbons (Fsp3) is 0.674. The number of aliphatic carboxylic acids is 1. The fourth-order valence-corrected chi connectivity index (χ4v) is 5.57. The number of likely N-dealkylation sites (N-methyl/N-ethyl adjacent to an activating group) is 1. The number of hydrogen-bond acceptors (Lipinski definition) is 6. The van der Waals surface area contributed by atoms with Crippen molar-refractivity contribution in [3.63, 3.8) is 0 Å². The maximum absolute atomic E-state index is 12.6. The van der Waals surface area contributed by atoms with Crippen LogP contribution >= 0.6 is 0 Å². The molecule has 2 unspecified atom stereocenters. The SMILES string of the molecule is CC/C=C/C/C=C/C/C=C/C/C=C/C/C=C/CCCCCCC(=O)OCC(COCCC(C(=O)O)[N+](C)(C)C)OC(=O)CCCCCC/C=C/CCCC. The third-order valence-corrected chi connectivity index (χ3v) is 8.84. The van der Waals surface area contributed by atoms with Crippen LogP contribution in [0.4, 0.5) is 0 Å². The minimum absolute atomic E-state index is 0.0443. The molecule has 2 atom stereocenters. The summed E-state index contributed by atoms with van der Waals surface area (Å²) in [6.45, 7) is 4.51. The summed E-state index contributed by atoms with van der Waals surface area (Å²) in [5.41, 5.74) is 0. The minimum Gasteiger partial charge on any atom is -0.477 e. The highest BCUT2D eigenvalue weighted by atomic mass is 16.6. The normalized spacial score (nSPS) is 13.7. The van der Waals surface area contributed by atoms with Crippen LogP contribution < -0.4 is 0 Å². The van der Waals surface area contributed by atoms with E-state index in [4.69, 9.17) is 14.2 Å². The predicted octanol–water partition coefficient (Wildman–Crippen LogP) is 11.2. The van der Waals surface area contributed by atoms with E-state index in [-0.39, 0.29) is 36.2 Å². The largest absolute Gasteiger partial charge is 0.477 e. The summed E-state index contributed by atoms with van der Waals surface area (Å²) >= 11 is 0. The lowest BCUT2D eigenvalue weighted by atomic mass is 10.1. The van der Waals surface area contributed by atoms with E-state index in [1.807, 2.05) is 21.1 Å². The number of nitrogens with zero attached hydrogens (tertiary/aromatic N) is 1. The standard InChI is InChI=1S/C46H77NO7/c1-6-8-10-12-14-16-18-19-20-21-22-23-24-25-26-27-29-30-32-34-36-44(48)53-41-42(40-52-39-38-43(46(50)51)47(3,4)5)54-45(49)37-35-33-31-28-17-15-13-11-9-7-2/h8,10,13-16,19-20,22-23,25-26,42-43H,6-7,9,11-12,17-18,21,24,27-41H2,1-5H3/p+1/b10-8+,15-13+,16-14+,20-19+,23-22+,26-25+. The molecule has 308 valence electrons. The van der Waals surface area contributed by atoms with E-state index in [2.05, 4.69) is 86.8 Å². The first-order valence-corrected chi connectivity index (χ1v) is 21.0. The van der Waals surface area contributed by atoms with Crippen molar-refractivity contribution in [2.24, 2.45) is 0 Å². The number of ether oxygens (including phenoxy) is 3. The average molecular weight is 757 g/mol. The smallest absolute Gasteiger partial charge is 0.362 e. The van der Waals surface area contributed by atoms with Gasteiger partial charge in [0.05, 0.1) is 34.4 Å². The maximum Gasteiger partial charge on any atom is 0.362 e. The van der Waals surface area contributed by atoms with Crippen LogP contribution in [0.25, 0.3) is 0 Å². The molecule has 0 aromatic heterocycles. The first kappa shape index (κ1) is 50.8. The van der Waals surface area contributed by atoms with Crippen LogP contribution in [-0.4, -0.2) is 80.6 Å². The van der Waals surface area contributed by atoms with Gasteiger partial charge in [-0.2, -0.15) is 0 Å². The van der Waals surface area contributed by atoms with Crippen molar-refractivity contribution in [2.45, 2.75) is 161 Å². The van der Waals surface area contributed by atoms with Gasteiger partial charge in [-0.05, 0) is 77.0 Å². The Morgan fingerprint density at radius 1 is 0.574 bits per heavy atom. The summed E-state index contributed by atoms with van der Waals surface area (Å²) in [6, 6.07) is -0.622. The summed E-state index contributed by atoms with van der Waals surface area (Å²) in [6.07, 6.45) is 45.2. The summed E-state index contributed by atoms with van der Waals surface area (Å²) < 4.78 is 17.2. The molecule has 0 amide bonds. The molecule has 1 N–H and O–H groups in total. The van der Waals surface area contributed by atoms with Gasteiger partial charge in [0.15, 0.2) is 12.1 Å². The van der Waals surface area contributed by atoms with Gasteiger partial charge in [-0.15, -0.1) is 0 Å². The lowest BCUT2D eigenvalue weighted by Crippen LogP contribution is -2.50. The van der Waals surface area contributed by atoms with Crippen molar-refractivity contribution in [1.82, 2.24) is 0 Å². The quantitative estimate of drug-likeness (QED) is 0.0294. The highest BCUT2D eigenvalue weighted by Crippen LogP contribution is 2.12. The number of quaternary nitrogens is 1. The van der Waals surface area contributed by atoms with E-state index in [9.17, 15) is 19.5 Å². The van der Waals surface area contributed by atoms with Crippen LogP contribution in [0, 0.1) is 0 Å². The molecule has 0 saturated carbocycles. The Morgan fingerprint density at radius 2 is 1.04 bits per heavy atom. The highest BCUT2D eigenvalue weighted by molar-refractivity contribution is 5.72. The van der Waals surface area contributed by atoms with Crippen LogP contribution in [0.2, 0.25) is 0 Å². The van der Waals surface area contributed by atoms with Gasteiger partial charge in [-0.25, -0.2) is 4.79 Å². The van der Waals surface area contributed by atoms with E-state index in [0.29, 0.717) is 19.3 Å². The number of hydrogen-bond donors (Lipinski definition) is 1. The Bertz CT molecular complexity index is 1110. The molecule has 0 aliphatic carbocycles. The molecule has 0 aromatic rings. The molecule has 8 nitrogen and oxygen atoms in total. The van der Waals surface area contributed by atoms with Crippen LogP contribution in [0.1, 0.15) is 149 Å². The van der Waals surface area contributed by atoms with Crippen molar-refractivity contribution in [1.29, 1.82) is 0 Å². The minimum atomic E-state index is -0.885. The first-order valence-electron chi connectivity index (χ1n) is 21.0. The second kappa shape index (κ2) is 36.7. The van der Waals surface area contributed by atoms with Gasteiger partial charge in [0, 0.05) is 19.3 Å². The topological polar surface area (TPSA) is 99.1 Å². The van der Waals surface area contributed by atoms with Crippen molar-refractivity contribution in [3.05, 3.63) is 72.9 Å². The van der Waals surface area contributed by atoms with E-state index >= 15 is 0 Å². The van der Waals surface area contributed by atoms with Crippen LogP contribution in [0.15, 0.2) is 72.9 Å². The highest BCUT2D eigenvalue weighted by Gasteiger charge is 2.31. The maximum atomic E-state index is 12.6. The third kappa shape index (κ3) is 34.5. The molecule has 0 aliphatic rings. The van der Waals surface area contributed by atoms with Crippen molar-refractivity contribution < 1.29 is 38.2 Å². The number of esters is 2. The lowest BCUT2D eigenvalue weighted by Gasteiger charge is -2.31. The number of carbonyl (C=O) groups is 3. The average Bonchev–Trinajstić information content (AvgIpc) is 3.12. The Morgan fingerprint density at radius 3 is 1.54 bits per heavy atom. The molecule has 0 bridgehead atoms. The molecule has 8 heteroatoms. The Kier molecular flexibility index (Phi) is 34.5. The first-order chi connectivity index (χ1) is 26.1.